The van der Waals surface area contributed by atoms with Gasteiger partial charge in [0.15, 0.2) is 0 Å². The number of piperidine rings is 1. The van der Waals surface area contributed by atoms with Crippen LogP contribution in [0.2, 0.25) is 0 Å². The summed E-state index contributed by atoms with van der Waals surface area (Å²) >= 11 is 0. The van der Waals surface area contributed by atoms with E-state index in [1.807, 2.05) is 0 Å². The maximum absolute atomic E-state index is 3.59. The van der Waals surface area contributed by atoms with Crippen LogP contribution in [0.4, 0.5) is 0 Å². The zero-order chi connectivity index (χ0) is 9.90. The van der Waals surface area contributed by atoms with Crippen LogP contribution in [-0.2, 0) is 0 Å². The third kappa shape index (κ3) is 2.96. The van der Waals surface area contributed by atoms with Crippen molar-refractivity contribution in [3.8, 4) is 0 Å². The smallest absolute Gasteiger partial charge is 0.0177 e. The molecule has 0 radical (unpaired) electrons. The van der Waals surface area contributed by atoms with E-state index in [0.717, 1.165) is 6.54 Å². The molecule has 1 saturated heterocycles. The lowest BCUT2D eigenvalue weighted by atomic mass is 9.89. The van der Waals surface area contributed by atoms with Crippen molar-refractivity contribution in [1.82, 2.24) is 10.2 Å². The number of likely N-dealkylation sites (tertiary alicyclic amines) is 1. The van der Waals surface area contributed by atoms with Gasteiger partial charge in [0.2, 0.25) is 0 Å². The second-order valence-electron chi connectivity index (χ2n) is 4.72. The Balaban J connectivity index is 2.37. The molecule has 0 aliphatic carbocycles. The van der Waals surface area contributed by atoms with Gasteiger partial charge in [0.25, 0.3) is 0 Å². The summed E-state index contributed by atoms with van der Waals surface area (Å²) < 4.78 is 0. The van der Waals surface area contributed by atoms with Crippen LogP contribution < -0.4 is 5.32 Å². The Morgan fingerprint density at radius 1 is 1.31 bits per heavy atom. The quantitative estimate of drug-likeness (QED) is 0.720. The molecule has 1 N–H and O–H groups in total. The molecule has 0 aromatic carbocycles. The standard InChI is InChI=1S/C11H24N2/c1-5-12-11(4)6-8-13(9-7-11)10(2)3/h10,12H,5-9H2,1-4H3. The molecule has 13 heavy (non-hydrogen) atoms. The molecule has 0 aromatic heterocycles. The largest absolute Gasteiger partial charge is 0.312 e. The van der Waals surface area contributed by atoms with Gasteiger partial charge >= 0.3 is 0 Å². The van der Waals surface area contributed by atoms with Crippen molar-refractivity contribution >= 4 is 0 Å². The lowest BCUT2D eigenvalue weighted by molar-refractivity contribution is 0.121. The molecule has 2 nitrogen and oxygen atoms in total. The average molecular weight is 184 g/mol. The van der Waals surface area contributed by atoms with E-state index in [9.17, 15) is 0 Å². The first-order valence-electron chi connectivity index (χ1n) is 5.56. The second-order valence-corrected chi connectivity index (χ2v) is 4.72. The van der Waals surface area contributed by atoms with E-state index in [1.165, 1.54) is 25.9 Å². The molecule has 0 atom stereocenters. The van der Waals surface area contributed by atoms with Gasteiger partial charge in [0.1, 0.15) is 0 Å². The van der Waals surface area contributed by atoms with Gasteiger partial charge < -0.3 is 10.2 Å². The third-order valence-corrected chi connectivity index (χ3v) is 3.24. The van der Waals surface area contributed by atoms with E-state index in [4.69, 9.17) is 0 Å². The van der Waals surface area contributed by atoms with Gasteiger partial charge in [-0.25, -0.2) is 0 Å². The molecule has 1 heterocycles. The highest BCUT2D eigenvalue weighted by atomic mass is 15.2. The Hall–Kier alpha value is -0.0800. The molecule has 1 aliphatic rings. The minimum atomic E-state index is 0.403. The first-order chi connectivity index (χ1) is 6.07. The summed E-state index contributed by atoms with van der Waals surface area (Å²) in [5, 5.41) is 3.59. The molecule has 0 bridgehead atoms. The number of hydrogen-bond acceptors (Lipinski definition) is 2. The Morgan fingerprint density at radius 2 is 1.85 bits per heavy atom. The van der Waals surface area contributed by atoms with Crippen LogP contribution in [0.25, 0.3) is 0 Å². The summed E-state index contributed by atoms with van der Waals surface area (Å²) in [5.74, 6) is 0. The van der Waals surface area contributed by atoms with Crippen molar-refractivity contribution in [3.05, 3.63) is 0 Å². The maximum atomic E-state index is 3.59. The molecule has 1 fully saturated rings. The first kappa shape index (κ1) is 11.0. The molecule has 0 unspecified atom stereocenters. The Kier molecular flexibility index (Phi) is 3.74. The van der Waals surface area contributed by atoms with Gasteiger partial charge in [-0.1, -0.05) is 6.92 Å². The zero-order valence-electron chi connectivity index (χ0n) is 9.56. The SMILES string of the molecule is CCNC1(C)CCN(C(C)C)CC1. The van der Waals surface area contributed by atoms with E-state index >= 15 is 0 Å². The second kappa shape index (κ2) is 4.43. The fourth-order valence-electron chi connectivity index (χ4n) is 2.14. The first-order valence-corrected chi connectivity index (χ1v) is 5.56. The van der Waals surface area contributed by atoms with Gasteiger partial charge in [-0.2, -0.15) is 0 Å². The summed E-state index contributed by atoms with van der Waals surface area (Å²) in [5.41, 5.74) is 0.403. The van der Waals surface area contributed by atoms with Crippen LogP contribution in [0.3, 0.4) is 0 Å². The molecule has 2 heteroatoms. The van der Waals surface area contributed by atoms with E-state index in [0.29, 0.717) is 11.6 Å². The van der Waals surface area contributed by atoms with Gasteiger partial charge in [-0.15, -0.1) is 0 Å². The van der Waals surface area contributed by atoms with Crippen LogP contribution in [0, 0.1) is 0 Å². The fraction of sp³-hybridized carbons (Fsp3) is 1.00. The number of nitrogens with one attached hydrogen (secondary N) is 1. The summed E-state index contributed by atoms with van der Waals surface area (Å²) in [6.45, 7) is 12.7. The monoisotopic (exact) mass is 184 g/mol. The summed E-state index contributed by atoms with van der Waals surface area (Å²) in [7, 11) is 0. The summed E-state index contributed by atoms with van der Waals surface area (Å²) in [6, 6.07) is 0.714. The van der Waals surface area contributed by atoms with Crippen LogP contribution in [0.5, 0.6) is 0 Å². The predicted octanol–water partition coefficient (Wildman–Crippen LogP) is 1.86. The average Bonchev–Trinajstić information content (AvgIpc) is 2.05. The van der Waals surface area contributed by atoms with Crippen molar-refractivity contribution < 1.29 is 0 Å². The number of rotatable bonds is 3. The van der Waals surface area contributed by atoms with Gasteiger partial charge in [-0.3, -0.25) is 0 Å². The Labute approximate surface area is 82.7 Å². The molecule has 0 spiro atoms. The lowest BCUT2D eigenvalue weighted by Gasteiger charge is -2.41. The zero-order valence-corrected chi connectivity index (χ0v) is 9.56. The Morgan fingerprint density at radius 3 is 2.23 bits per heavy atom. The van der Waals surface area contributed by atoms with E-state index in [1.54, 1.807) is 0 Å². The van der Waals surface area contributed by atoms with Crippen molar-refractivity contribution in [2.24, 2.45) is 0 Å². The molecule has 0 aromatic rings. The molecular weight excluding hydrogens is 160 g/mol. The molecule has 0 amide bonds. The van der Waals surface area contributed by atoms with Crippen LogP contribution in [-0.4, -0.2) is 36.1 Å². The molecule has 1 rings (SSSR count). The molecule has 1 aliphatic heterocycles. The van der Waals surface area contributed by atoms with Crippen molar-refractivity contribution in [2.45, 2.75) is 52.1 Å². The van der Waals surface area contributed by atoms with E-state index in [2.05, 4.69) is 37.9 Å². The number of nitrogens with zero attached hydrogens (tertiary/aromatic N) is 1. The van der Waals surface area contributed by atoms with Gasteiger partial charge in [-0.05, 0) is 40.2 Å². The van der Waals surface area contributed by atoms with E-state index in [-0.39, 0.29) is 0 Å². The van der Waals surface area contributed by atoms with Crippen LogP contribution in [0.1, 0.15) is 40.5 Å². The van der Waals surface area contributed by atoms with Crippen molar-refractivity contribution in [2.75, 3.05) is 19.6 Å². The highest BCUT2D eigenvalue weighted by Gasteiger charge is 2.29. The highest BCUT2D eigenvalue weighted by molar-refractivity contribution is 4.89. The van der Waals surface area contributed by atoms with Crippen molar-refractivity contribution in [3.63, 3.8) is 0 Å². The normalized spacial score (nSPS) is 23.8. The predicted molar refractivity (Wildman–Crippen MR) is 58.0 cm³/mol. The molecule has 78 valence electrons. The van der Waals surface area contributed by atoms with Crippen molar-refractivity contribution in [1.29, 1.82) is 0 Å². The third-order valence-electron chi connectivity index (χ3n) is 3.24. The van der Waals surface area contributed by atoms with E-state index < -0.39 is 0 Å². The minimum Gasteiger partial charge on any atom is -0.312 e. The summed E-state index contributed by atoms with van der Waals surface area (Å²) in [4.78, 5) is 2.57. The fourth-order valence-corrected chi connectivity index (χ4v) is 2.14. The molecular formula is C11H24N2. The van der Waals surface area contributed by atoms with Gasteiger partial charge in [0, 0.05) is 24.7 Å². The van der Waals surface area contributed by atoms with Gasteiger partial charge in [0.05, 0.1) is 0 Å². The number of hydrogen-bond donors (Lipinski definition) is 1. The summed E-state index contributed by atoms with van der Waals surface area (Å²) in [6.07, 6.45) is 2.58. The maximum Gasteiger partial charge on any atom is 0.0177 e. The minimum absolute atomic E-state index is 0.403. The Bertz CT molecular complexity index is 146. The highest BCUT2D eigenvalue weighted by Crippen LogP contribution is 2.22. The topological polar surface area (TPSA) is 15.3 Å². The lowest BCUT2D eigenvalue weighted by Crippen LogP contribution is -2.52. The van der Waals surface area contributed by atoms with Crippen LogP contribution in [0.15, 0.2) is 0 Å². The van der Waals surface area contributed by atoms with Crippen LogP contribution >= 0.6 is 0 Å². The molecule has 0 saturated carbocycles.